The van der Waals surface area contributed by atoms with Crippen molar-refractivity contribution in [3.63, 3.8) is 0 Å². The molecular formula is C17H18N4O3S. The molecule has 25 heavy (non-hydrogen) atoms. The summed E-state index contributed by atoms with van der Waals surface area (Å²) in [7, 11) is 0. The van der Waals surface area contributed by atoms with Crippen LogP contribution in [-0.2, 0) is 20.9 Å². The molecule has 1 aliphatic heterocycles. The first-order chi connectivity index (χ1) is 12.0. The fraction of sp³-hybridized carbons (Fsp3) is 0.294. The largest absolute Gasteiger partial charge is 0.328 e. The van der Waals surface area contributed by atoms with Gasteiger partial charge in [0.25, 0.3) is 0 Å². The SMILES string of the molecule is Cc1ccccc1CN1CCN(CC(=O)Nc2nccs2)C(=O)C1=O. The average molecular weight is 358 g/mol. The van der Waals surface area contributed by atoms with Crippen LogP contribution in [0.4, 0.5) is 5.13 Å². The second kappa shape index (κ2) is 7.43. The molecule has 7 nitrogen and oxygen atoms in total. The Labute approximate surface area is 149 Å². The summed E-state index contributed by atoms with van der Waals surface area (Å²) in [6.07, 6.45) is 1.58. The standard InChI is InChI=1S/C17H18N4O3S/c1-12-4-2-3-5-13(12)10-20-7-8-21(16(24)15(20)23)11-14(22)19-17-18-6-9-25-17/h2-6,9H,7-8,10-11H2,1H3,(H,18,19,22). The maximum Gasteiger partial charge on any atom is 0.312 e. The van der Waals surface area contributed by atoms with Gasteiger partial charge in [-0.3, -0.25) is 14.4 Å². The molecule has 0 saturated carbocycles. The molecule has 8 heteroatoms. The Bertz CT molecular complexity index is 791. The van der Waals surface area contributed by atoms with Gasteiger partial charge >= 0.3 is 11.8 Å². The number of anilines is 1. The second-order valence-corrected chi connectivity index (χ2v) is 6.66. The van der Waals surface area contributed by atoms with Crippen LogP contribution in [0.2, 0.25) is 0 Å². The van der Waals surface area contributed by atoms with E-state index in [-0.39, 0.29) is 12.5 Å². The molecule has 1 aromatic heterocycles. The summed E-state index contributed by atoms with van der Waals surface area (Å²) in [5.41, 5.74) is 2.09. The van der Waals surface area contributed by atoms with Gasteiger partial charge in [0.05, 0.1) is 0 Å². The Kier molecular flexibility index (Phi) is 5.08. The predicted molar refractivity (Wildman–Crippen MR) is 93.9 cm³/mol. The van der Waals surface area contributed by atoms with Gasteiger partial charge in [-0.25, -0.2) is 4.98 Å². The fourth-order valence-corrected chi connectivity index (χ4v) is 3.17. The quantitative estimate of drug-likeness (QED) is 0.816. The van der Waals surface area contributed by atoms with Gasteiger partial charge < -0.3 is 15.1 Å². The van der Waals surface area contributed by atoms with Crippen molar-refractivity contribution < 1.29 is 14.4 Å². The molecule has 2 aromatic rings. The van der Waals surface area contributed by atoms with Crippen molar-refractivity contribution in [3.05, 3.63) is 47.0 Å². The lowest BCUT2D eigenvalue weighted by atomic mass is 10.1. The molecule has 1 N–H and O–H groups in total. The summed E-state index contributed by atoms with van der Waals surface area (Å²) in [5, 5.41) is 4.83. The van der Waals surface area contributed by atoms with Gasteiger partial charge in [0.15, 0.2) is 5.13 Å². The first-order valence-electron chi connectivity index (χ1n) is 7.86. The Balaban J connectivity index is 1.58. The highest BCUT2D eigenvalue weighted by atomic mass is 32.1. The number of aromatic nitrogens is 1. The van der Waals surface area contributed by atoms with Crippen LogP contribution in [0.25, 0.3) is 0 Å². The zero-order chi connectivity index (χ0) is 17.8. The van der Waals surface area contributed by atoms with E-state index in [9.17, 15) is 14.4 Å². The predicted octanol–water partition coefficient (Wildman–Crippen LogP) is 1.26. The van der Waals surface area contributed by atoms with Crippen LogP contribution in [0.3, 0.4) is 0 Å². The van der Waals surface area contributed by atoms with E-state index in [1.807, 2.05) is 31.2 Å². The number of carbonyl (C=O) groups excluding carboxylic acids is 3. The molecule has 0 radical (unpaired) electrons. The number of benzene rings is 1. The Morgan fingerprint density at radius 3 is 2.64 bits per heavy atom. The minimum Gasteiger partial charge on any atom is -0.328 e. The molecule has 3 amide bonds. The molecule has 0 spiro atoms. The topological polar surface area (TPSA) is 82.6 Å². The van der Waals surface area contributed by atoms with E-state index in [0.717, 1.165) is 11.1 Å². The maximum absolute atomic E-state index is 12.3. The minimum absolute atomic E-state index is 0.150. The maximum atomic E-state index is 12.3. The van der Waals surface area contributed by atoms with Crippen LogP contribution < -0.4 is 5.32 Å². The van der Waals surface area contributed by atoms with E-state index in [2.05, 4.69) is 10.3 Å². The third kappa shape index (κ3) is 4.03. The normalized spacial score (nSPS) is 14.8. The van der Waals surface area contributed by atoms with Crippen LogP contribution in [-0.4, -0.2) is 52.1 Å². The highest BCUT2D eigenvalue weighted by molar-refractivity contribution is 7.13. The molecule has 1 saturated heterocycles. The lowest BCUT2D eigenvalue weighted by Gasteiger charge is -2.33. The number of aryl methyl sites for hydroxylation is 1. The molecular weight excluding hydrogens is 340 g/mol. The molecule has 0 unspecified atom stereocenters. The third-order valence-electron chi connectivity index (χ3n) is 4.03. The van der Waals surface area contributed by atoms with E-state index in [1.165, 1.54) is 21.1 Å². The van der Waals surface area contributed by atoms with E-state index in [0.29, 0.717) is 24.8 Å². The number of amides is 3. The smallest absolute Gasteiger partial charge is 0.312 e. The van der Waals surface area contributed by atoms with Crippen molar-refractivity contribution in [3.8, 4) is 0 Å². The number of thiazole rings is 1. The molecule has 2 heterocycles. The van der Waals surface area contributed by atoms with Crippen LogP contribution in [0.15, 0.2) is 35.8 Å². The first-order valence-corrected chi connectivity index (χ1v) is 8.74. The van der Waals surface area contributed by atoms with Gasteiger partial charge in [-0.05, 0) is 18.1 Å². The number of carbonyl (C=O) groups is 3. The summed E-state index contributed by atoms with van der Waals surface area (Å²) in [5.74, 6) is -1.57. The number of hydrogen-bond donors (Lipinski definition) is 1. The van der Waals surface area contributed by atoms with Crippen molar-refractivity contribution in [2.75, 3.05) is 25.0 Å². The monoisotopic (exact) mass is 358 g/mol. The highest BCUT2D eigenvalue weighted by Crippen LogP contribution is 2.14. The Morgan fingerprint density at radius 1 is 1.20 bits per heavy atom. The number of piperazine rings is 1. The van der Waals surface area contributed by atoms with Gasteiger partial charge in [0.2, 0.25) is 5.91 Å². The van der Waals surface area contributed by atoms with Crippen LogP contribution >= 0.6 is 11.3 Å². The van der Waals surface area contributed by atoms with E-state index in [1.54, 1.807) is 11.6 Å². The molecule has 0 aliphatic carbocycles. The molecule has 0 atom stereocenters. The van der Waals surface area contributed by atoms with Crippen molar-refractivity contribution in [2.24, 2.45) is 0 Å². The molecule has 0 bridgehead atoms. The Morgan fingerprint density at radius 2 is 1.92 bits per heavy atom. The summed E-state index contributed by atoms with van der Waals surface area (Å²) >= 11 is 1.30. The number of rotatable bonds is 5. The van der Waals surface area contributed by atoms with Crippen molar-refractivity contribution in [1.82, 2.24) is 14.8 Å². The van der Waals surface area contributed by atoms with Crippen LogP contribution in [0.1, 0.15) is 11.1 Å². The van der Waals surface area contributed by atoms with E-state index in [4.69, 9.17) is 0 Å². The van der Waals surface area contributed by atoms with Crippen LogP contribution in [0, 0.1) is 6.92 Å². The lowest BCUT2D eigenvalue weighted by Crippen LogP contribution is -2.55. The molecule has 130 valence electrons. The molecule has 1 aliphatic rings. The number of nitrogens with one attached hydrogen (secondary N) is 1. The molecule has 1 aromatic carbocycles. The van der Waals surface area contributed by atoms with Crippen molar-refractivity contribution in [1.29, 1.82) is 0 Å². The van der Waals surface area contributed by atoms with Gasteiger partial charge in [-0.1, -0.05) is 24.3 Å². The highest BCUT2D eigenvalue weighted by Gasteiger charge is 2.33. The van der Waals surface area contributed by atoms with Gasteiger partial charge in [0, 0.05) is 31.2 Å². The first kappa shape index (κ1) is 17.1. The summed E-state index contributed by atoms with van der Waals surface area (Å²) in [6, 6.07) is 7.76. The van der Waals surface area contributed by atoms with E-state index < -0.39 is 11.8 Å². The Hall–Kier alpha value is -2.74. The fourth-order valence-electron chi connectivity index (χ4n) is 2.63. The molecule has 3 rings (SSSR count). The zero-order valence-electron chi connectivity index (χ0n) is 13.8. The van der Waals surface area contributed by atoms with Crippen molar-refractivity contribution in [2.45, 2.75) is 13.5 Å². The van der Waals surface area contributed by atoms with Gasteiger partial charge in [-0.15, -0.1) is 11.3 Å². The summed E-state index contributed by atoms with van der Waals surface area (Å²) in [4.78, 5) is 43.4. The number of nitrogens with zero attached hydrogens (tertiary/aromatic N) is 3. The van der Waals surface area contributed by atoms with Gasteiger partial charge in [-0.2, -0.15) is 0 Å². The summed E-state index contributed by atoms with van der Waals surface area (Å²) in [6.45, 7) is 2.96. The van der Waals surface area contributed by atoms with Crippen LogP contribution in [0.5, 0.6) is 0 Å². The summed E-state index contributed by atoms with van der Waals surface area (Å²) < 4.78 is 0. The van der Waals surface area contributed by atoms with Gasteiger partial charge in [0.1, 0.15) is 6.54 Å². The van der Waals surface area contributed by atoms with Crippen molar-refractivity contribution >= 4 is 34.2 Å². The second-order valence-electron chi connectivity index (χ2n) is 5.77. The number of hydrogen-bond acceptors (Lipinski definition) is 5. The minimum atomic E-state index is -0.644. The average Bonchev–Trinajstić information content (AvgIpc) is 3.09. The molecule has 1 fully saturated rings. The zero-order valence-corrected chi connectivity index (χ0v) is 14.6. The lowest BCUT2D eigenvalue weighted by molar-refractivity contribution is -0.157. The van der Waals surface area contributed by atoms with E-state index >= 15 is 0 Å². The third-order valence-corrected chi connectivity index (χ3v) is 4.72.